The van der Waals surface area contributed by atoms with E-state index in [0.29, 0.717) is 0 Å². The molecule has 0 aliphatic rings. The second-order valence-corrected chi connectivity index (χ2v) is 0.400. The van der Waals surface area contributed by atoms with Gasteiger partial charge in [0, 0.05) is 20.0 Å². The lowest BCUT2D eigenvalue weighted by Crippen LogP contribution is -1.77. The molecule has 0 heterocycles. The van der Waals surface area contributed by atoms with Crippen LogP contribution in [0.1, 0.15) is 0 Å². The minimum Gasteiger partial charge on any atom is -0.147 e. The van der Waals surface area contributed by atoms with Crippen LogP contribution in [0.25, 0.3) is 10.0 Å². The molecule has 0 bridgehead atoms. The van der Waals surface area contributed by atoms with Gasteiger partial charge in [-0.15, -0.1) is 13.1 Å². The van der Waals surface area contributed by atoms with Crippen LogP contribution in [0.3, 0.4) is 0 Å². The largest absolute Gasteiger partial charge is 0.185 e. The highest BCUT2D eigenvalue weighted by atomic mass is 17.6. The normalized spacial score (nSPS) is 5.43. The molecule has 0 saturated heterocycles. The molecule has 36 valence electrons. The summed E-state index contributed by atoms with van der Waals surface area (Å²) < 4.78 is 0. The Morgan fingerprint density at radius 1 is 1.00 bits per heavy atom. The average molecular weight is 100 g/mol. The summed E-state index contributed by atoms with van der Waals surface area (Å²) in [5.74, 6) is 0. The first-order chi connectivity index (χ1) is 3.41. The van der Waals surface area contributed by atoms with E-state index in [1.807, 2.05) is 0 Å². The Labute approximate surface area is 39.4 Å². The van der Waals surface area contributed by atoms with Crippen LogP contribution in [0.2, 0.25) is 0 Å². The standard InChI is InChI=1S/C2N2O3/c1-3-5-7-6-4-2. The molecule has 0 rings (SSSR count). The number of hydrogen-bond donors (Lipinski definition) is 0. The van der Waals surface area contributed by atoms with Crippen LogP contribution in [0.15, 0.2) is 0 Å². The number of rotatable bonds is 2. The number of nitrogens with zero attached hydrogens (tertiary/aromatic N) is 2. The molecule has 0 atom stereocenters. The fourth-order valence-corrected chi connectivity index (χ4v) is 0.0440. The first kappa shape index (κ1) is 5.54. The molecule has 0 radical (unpaired) electrons. The molecular weight excluding hydrogens is 100 g/mol. The minimum absolute atomic E-state index is 2.23. The van der Waals surface area contributed by atoms with Crippen molar-refractivity contribution in [1.29, 1.82) is 0 Å². The molecule has 0 spiro atoms. The molecular formula is C2N2O3. The third kappa shape index (κ3) is 4.54. The van der Waals surface area contributed by atoms with Crippen LogP contribution in [0.4, 0.5) is 0 Å². The summed E-state index contributed by atoms with van der Waals surface area (Å²) in [5.41, 5.74) is 0. The summed E-state index contributed by atoms with van der Waals surface area (Å²) in [7, 11) is 0. The Morgan fingerprint density at radius 2 is 1.43 bits per heavy atom. The first-order valence-electron chi connectivity index (χ1n) is 1.15. The van der Waals surface area contributed by atoms with Gasteiger partial charge >= 0.3 is 0 Å². The van der Waals surface area contributed by atoms with Gasteiger partial charge in [-0.2, -0.15) is 0 Å². The van der Waals surface area contributed by atoms with E-state index >= 15 is 0 Å². The van der Waals surface area contributed by atoms with Gasteiger partial charge in [0.2, 0.25) is 0 Å². The lowest BCUT2D eigenvalue weighted by atomic mass is 11.8. The first-order valence-corrected chi connectivity index (χ1v) is 1.15. The monoisotopic (exact) mass is 100.0 g/mol. The summed E-state index contributed by atoms with van der Waals surface area (Å²) in [6.07, 6.45) is 0. The lowest BCUT2D eigenvalue weighted by Gasteiger charge is -1.69. The molecule has 0 aliphatic heterocycles. The summed E-state index contributed by atoms with van der Waals surface area (Å²) in [6.45, 7) is 11.8. The van der Waals surface area contributed by atoms with Crippen LogP contribution in [0, 0.1) is 13.1 Å². The van der Waals surface area contributed by atoms with Gasteiger partial charge in [-0.05, 0) is 0 Å². The fourth-order valence-electron chi connectivity index (χ4n) is 0.0440. The molecule has 5 nitrogen and oxygen atoms in total. The van der Waals surface area contributed by atoms with E-state index in [9.17, 15) is 0 Å². The molecule has 0 aliphatic carbocycles. The van der Waals surface area contributed by atoms with Gasteiger partial charge in [-0.3, -0.25) is 0 Å². The van der Waals surface area contributed by atoms with Crippen molar-refractivity contribution in [2.45, 2.75) is 0 Å². The lowest BCUT2D eigenvalue weighted by molar-refractivity contribution is -0.469. The van der Waals surface area contributed by atoms with Crippen molar-refractivity contribution in [3.8, 4) is 0 Å². The van der Waals surface area contributed by atoms with Gasteiger partial charge < -0.3 is 0 Å². The molecule has 5 heteroatoms. The SMILES string of the molecule is [C-]#[N+]OOO[N+]#[C-]. The molecule has 0 aromatic heterocycles. The van der Waals surface area contributed by atoms with Crippen molar-refractivity contribution in [3.05, 3.63) is 23.2 Å². The van der Waals surface area contributed by atoms with Crippen LogP contribution in [-0.4, -0.2) is 0 Å². The molecule has 7 heavy (non-hydrogen) atoms. The Morgan fingerprint density at radius 3 is 1.71 bits per heavy atom. The van der Waals surface area contributed by atoms with E-state index < -0.39 is 0 Å². The highest BCUT2D eigenvalue weighted by molar-refractivity contribution is 4.15. The quantitative estimate of drug-likeness (QED) is 0.220. The van der Waals surface area contributed by atoms with Crippen molar-refractivity contribution in [1.82, 2.24) is 0 Å². The van der Waals surface area contributed by atoms with E-state index in [1.165, 1.54) is 0 Å². The third-order valence-electron chi connectivity index (χ3n) is 0.135. The van der Waals surface area contributed by atoms with Gasteiger partial charge in [0.05, 0.1) is 0 Å². The zero-order chi connectivity index (χ0) is 5.54. The maximum Gasteiger partial charge on any atom is 0.185 e. The zero-order valence-corrected chi connectivity index (χ0v) is 3.12. The van der Waals surface area contributed by atoms with Crippen LogP contribution < -0.4 is 0 Å². The van der Waals surface area contributed by atoms with Crippen LogP contribution >= 0.6 is 0 Å². The molecule has 0 aromatic carbocycles. The smallest absolute Gasteiger partial charge is 0.147 e. The van der Waals surface area contributed by atoms with Crippen molar-refractivity contribution in [2.24, 2.45) is 0 Å². The number of hydrogen-bond acceptors (Lipinski definition) is 3. The van der Waals surface area contributed by atoms with Crippen molar-refractivity contribution < 1.29 is 15.0 Å². The fraction of sp³-hybridized carbons (Fsp3) is 0. The van der Waals surface area contributed by atoms with Gasteiger partial charge in [0.25, 0.3) is 0 Å². The van der Waals surface area contributed by atoms with Crippen LogP contribution in [0.5, 0.6) is 0 Å². The van der Waals surface area contributed by atoms with E-state index in [4.69, 9.17) is 13.1 Å². The topological polar surface area (TPSA) is 36.4 Å². The Balaban J connectivity index is 2.77. The van der Waals surface area contributed by atoms with Gasteiger partial charge in [0.15, 0.2) is 5.04 Å². The maximum atomic E-state index is 5.88. The highest BCUT2D eigenvalue weighted by Crippen LogP contribution is 1.79. The highest BCUT2D eigenvalue weighted by Gasteiger charge is 1.85. The van der Waals surface area contributed by atoms with Gasteiger partial charge in [-0.1, -0.05) is 0 Å². The molecule has 0 aromatic rings. The molecule has 0 amide bonds. The molecule has 0 fully saturated rings. The second-order valence-electron chi connectivity index (χ2n) is 0.400. The van der Waals surface area contributed by atoms with E-state index in [-0.39, 0.29) is 0 Å². The maximum absolute atomic E-state index is 5.88. The van der Waals surface area contributed by atoms with E-state index in [0.717, 1.165) is 0 Å². The van der Waals surface area contributed by atoms with Crippen molar-refractivity contribution in [3.63, 3.8) is 0 Å². The molecule has 0 N–H and O–H groups in total. The third-order valence-corrected chi connectivity index (χ3v) is 0.135. The molecule has 0 unspecified atom stereocenters. The van der Waals surface area contributed by atoms with E-state index in [2.05, 4.69) is 25.0 Å². The predicted molar refractivity (Wildman–Crippen MR) is 16.5 cm³/mol. The van der Waals surface area contributed by atoms with Gasteiger partial charge in [-0.25, -0.2) is 0 Å². The predicted octanol–water partition coefficient (Wildman–Crippen LogP) is 0.535. The second kappa shape index (κ2) is 4.54. The van der Waals surface area contributed by atoms with E-state index in [1.54, 1.807) is 0 Å². The Kier molecular flexibility index (Phi) is 3.59. The summed E-state index contributed by atoms with van der Waals surface area (Å²) in [5, 5.41) is 7.89. The molecule has 0 saturated carbocycles. The van der Waals surface area contributed by atoms with Gasteiger partial charge in [0.1, 0.15) is 0 Å². The summed E-state index contributed by atoms with van der Waals surface area (Å²) >= 11 is 0. The van der Waals surface area contributed by atoms with Crippen LogP contribution in [-0.2, 0) is 15.0 Å². The minimum atomic E-state index is 2.23. The Hall–Kier alpha value is -1.46. The zero-order valence-electron chi connectivity index (χ0n) is 3.12. The van der Waals surface area contributed by atoms with Crippen molar-refractivity contribution in [2.75, 3.05) is 0 Å². The average Bonchev–Trinajstić information content (AvgIpc) is 1.69. The summed E-state index contributed by atoms with van der Waals surface area (Å²) in [6, 6.07) is 0. The summed E-state index contributed by atoms with van der Waals surface area (Å²) in [4.78, 5) is 6.86. The Bertz CT molecular complexity index is 95.1. The van der Waals surface area contributed by atoms with Crippen molar-refractivity contribution >= 4 is 0 Å².